The van der Waals surface area contributed by atoms with Gasteiger partial charge >= 0.3 is 0 Å². The molecule has 2 N–H and O–H groups in total. The maximum Gasteiger partial charge on any atom is 0.237 e. The fourth-order valence-electron chi connectivity index (χ4n) is 1.97. The third-order valence-electron chi connectivity index (χ3n) is 3.39. The molecule has 1 aliphatic rings. The van der Waals surface area contributed by atoms with E-state index in [4.69, 9.17) is 4.74 Å². The fourth-order valence-corrected chi connectivity index (χ4v) is 3.94. The van der Waals surface area contributed by atoms with Crippen LogP contribution in [-0.4, -0.2) is 34.0 Å². The van der Waals surface area contributed by atoms with Crippen molar-refractivity contribution in [2.75, 3.05) is 17.2 Å². The molecule has 0 spiro atoms. The molecule has 0 aliphatic heterocycles. The zero-order valence-corrected chi connectivity index (χ0v) is 15.2. The number of thioether (sulfide) groups is 1. The van der Waals surface area contributed by atoms with Gasteiger partial charge < -0.3 is 15.4 Å². The zero-order chi connectivity index (χ0) is 16.9. The normalized spacial score (nSPS) is 14.9. The lowest BCUT2D eigenvalue weighted by Gasteiger charge is -2.11. The predicted octanol–water partition coefficient (Wildman–Crippen LogP) is 3.63. The molecule has 0 radical (unpaired) electrons. The molecule has 1 aromatic carbocycles. The van der Waals surface area contributed by atoms with Crippen LogP contribution in [0.3, 0.4) is 0 Å². The highest BCUT2D eigenvalue weighted by molar-refractivity contribution is 8.02. The van der Waals surface area contributed by atoms with E-state index < -0.39 is 0 Å². The smallest absolute Gasteiger partial charge is 0.237 e. The minimum absolute atomic E-state index is 0.0592. The van der Waals surface area contributed by atoms with Crippen LogP contribution >= 0.6 is 23.1 Å². The van der Waals surface area contributed by atoms with E-state index in [0.717, 1.165) is 20.9 Å². The number of benzene rings is 1. The molecule has 1 saturated carbocycles. The van der Waals surface area contributed by atoms with Crippen molar-refractivity contribution in [1.82, 2.24) is 10.2 Å². The van der Waals surface area contributed by atoms with Gasteiger partial charge in [0.15, 0.2) is 4.34 Å². The van der Waals surface area contributed by atoms with Gasteiger partial charge in [-0.05, 0) is 51.0 Å². The van der Waals surface area contributed by atoms with E-state index in [0.29, 0.717) is 12.6 Å². The first kappa shape index (κ1) is 17.0. The Kier molecular flexibility index (Phi) is 5.57. The van der Waals surface area contributed by atoms with E-state index in [9.17, 15) is 4.79 Å². The number of hydrogen-bond acceptors (Lipinski definition) is 7. The molecule has 1 fully saturated rings. The van der Waals surface area contributed by atoms with Crippen LogP contribution in [-0.2, 0) is 4.79 Å². The van der Waals surface area contributed by atoms with Gasteiger partial charge in [-0.3, -0.25) is 4.79 Å². The topological polar surface area (TPSA) is 76.1 Å². The van der Waals surface area contributed by atoms with Gasteiger partial charge in [0, 0.05) is 11.7 Å². The molecule has 2 aromatic rings. The van der Waals surface area contributed by atoms with Crippen LogP contribution in [0.4, 0.5) is 10.8 Å². The number of nitrogens with zero attached hydrogens (tertiary/aromatic N) is 2. The third-order valence-corrected chi connectivity index (χ3v) is 5.43. The van der Waals surface area contributed by atoms with Gasteiger partial charge in [-0.1, -0.05) is 23.1 Å². The number of rotatable bonds is 8. The van der Waals surface area contributed by atoms with Gasteiger partial charge in [-0.15, -0.1) is 10.2 Å². The molecule has 6 nitrogen and oxygen atoms in total. The Morgan fingerprint density at radius 2 is 2.12 bits per heavy atom. The molecule has 0 saturated heterocycles. The molecular weight excluding hydrogens is 344 g/mol. The minimum atomic E-state index is -0.252. The monoisotopic (exact) mass is 364 g/mol. The summed E-state index contributed by atoms with van der Waals surface area (Å²) in [5.41, 5.74) is 0.754. The quantitative estimate of drug-likeness (QED) is 0.697. The summed E-state index contributed by atoms with van der Waals surface area (Å²) in [7, 11) is 0. The maximum absolute atomic E-state index is 12.3. The zero-order valence-electron chi connectivity index (χ0n) is 13.6. The predicted molar refractivity (Wildman–Crippen MR) is 98.1 cm³/mol. The van der Waals surface area contributed by atoms with Crippen molar-refractivity contribution in [3.8, 4) is 5.75 Å². The molecule has 1 aromatic heterocycles. The second kappa shape index (κ2) is 7.85. The minimum Gasteiger partial charge on any atom is -0.494 e. The van der Waals surface area contributed by atoms with Crippen LogP contribution in [0.15, 0.2) is 28.6 Å². The summed E-state index contributed by atoms with van der Waals surface area (Å²) in [6.07, 6.45) is 2.39. The molecule has 1 heterocycles. The number of anilines is 2. The Morgan fingerprint density at radius 1 is 1.38 bits per heavy atom. The summed E-state index contributed by atoms with van der Waals surface area (Å²) in [6.45, 7) is 4.43. The van der Waals surface area contributed by atoms with Crippen molar-refractivity contribution in [3.05, 3.63) is 24.3 Å². The average molecular weight is 364 g/mol. The number of ether oxygens (including phenoxy) is 1. The number of nitrogens with one attached hydrogen (secondary N) is 2. The molecule has 1 aliphatic carbocycles. The summed E-state index contributed by atoms with van der Waals surface area (Å²) >= 11 is 2.91. The van der Waals surface area contributed by atoms with Crippen molar-refractivity contribution in [2.45, 2.75) is 42.3 Å². The lowest BCUT2D eigenvalue weighted by Crippen LogP contribution is -2.22. The second-order valence-electron chi connectivity index (χ2n) is 5.50. The van der Waals surface area contributed by atoms with Crippen LogP contribution in [0, 0.1) is 0 Å². The van der Waals surface area contributed by atoms with E-state index in [1.54, 1.807) is 0 Å². The van der Waals surface area contributed by atoms with Gasteiger partial charge in [-0.25, -0.2) is 0 Å². The van der Waals surface area contributed by atoms with Crippen LogP contribution in [0.25, 0.3) is 0 Å². The first-order valence-corrected chi connectivity index (χ1v) is 9.64. The van der Waals surface area contributed by atoms with E-state index in [-0.39, 0.29) is 11.2 Å². The van der Waals surface area contributed by atoms with Gasteiger partial charge in [0.05, 0.1) is 11.9 Å². The lowest BCUT2D eigenvalue weighted by molar-refractivity contribution is -0.115. The first-order chi connectivity index (χ1) is 11.6. The SMILES string of the molecule is CCOc1ccc(NC(=O)[C@@H](C)Sc2nnc(NC3CC3)s2)cc1. The molecule has 24 heavy (non-hydrogen) atoms. The van der Waals surface area contributed by atoms with Crippen LogP contribution < -0.4 is 15.4 Å². The van der Waals surface area contributed by atoms with Crippen molar-refractivity contribution in [3.63, 3.8) is 0 Å². The van der Waals surface area contributed by atoms with Crippen LogP contribution in [0.1, 0.15) is 26.7 Å². The van der Waals surface area contributed by atoms with E-state index >= 15 is 0 Å². The van der Waals surface area contributed by atoms with Gasteiger partial charge in [0.25, 0.3) is 0 Å². The van der Waals surface area contributed by atoms with Gasteiger partial charge in [0.2, 0.25) is 11.0 Å². The molecule has 1 amide bonds. The molecule has 1 atom stereocenters. The first-order valence-electron chi connectivity index (χ1n) is 7.94. The van der Waals surface area contributed by atoms with Crippen molar-refractivity contribution >= 4 is 39.8 Å². The highest BCUT2D eigenvalue weighted by Gasteiger charge is 2.23. The van der Waals surface area contributed by atoms with Crippen molar-refractivity contribution in [1.29, 1.82) is 0 Å². The number of aromatic nitrogens is 2. The standard InChI is InChI=1S/C16H20N4O2S2/c1-3-22-13-8-6-11(7-9-13)17-14(21)10(2)23-16-20-19-15(24-16)18-12-4-5-12/h6-10,12H,3-5H2,1-2H3,(H,17,21)(H,18,19)/t10-/m1/s1. The van der Waals surface area contributed by atoms with Crippen molar-refractivity contribution < 1.29 is 9.53 Å². The highest BCUT2D eigenvalue weighted by atomic mass is 32.2. The number of carbonyl (C=O) groups excluding carboxylic acids is 1. The summed E-state index contributed by atoms with van der Waals surface area (Å²) in [5.74, 6) is 0.735. The van der Waals surface area contributed by atoms with E-state index in [2.05, 4.69) is 20.8 Å². The highest BCUT2D eigenvalue weighted by Crippen LogP contribution is 2.32. The Morgan fingerprint density at radius 3 is 2.79 bits per heavy atom. The van der Waals surface area contributed by atoms with E-state index in [1.165, 1.54) is 35.9 Å². The Balaban J connectivity index is 1.51. The Bertz CT molecular complexity index is 686. The molecule has 8 heteroatoms. The molecule has 3 rings (SSSR count). The van der Waals surface area contributed by atoms with Gasteiger partial charge in [-0.2, -0.15) is 0 Å². The summed E-state index contributed by atoms with van der Waals surface area (Å²) in [5, 5.41) is 15.0. The molecular formula is C16H20N4O2S2. The maximum atomic E-state index is 12.3. The van der Waals surface area contributed by atoms with Crippen LogP contribution in [0.2, 0.25) is 0 Å². The number of carbonyl (C=O) groups is 1. The Labute approximate surface area is 149 Å². The van der Waals surface area contributed by atoms with E-state index in [1.807, 2.05) is 38.1 Å². The third kappa shape index (κ3) is 4.85. The van der Waals surface area contributed by atoms with Crippen molar-refractivity contribution in [2.24, 2.45) is 0 Å². The second-order valence-corrected chi connectivity index (χ2v) is 8.06. The molecule has 0 bridgehead atoms. The average Bonchev–Trinajstić information content (AvgIpc) is 3.27. The number of amides is 1. The summed E-state index contributed by atoms with van der Waals surface area (Å²) in [4.78, 5) is 12.3. The molecule has 0 unspecified atom stereocenters. The molecule has 128 valence electrons. The summed E-state index contributed by atoms with van der Waals surface area (Å²) in [6, 6.07) is 7.91. The largest absolute Gasteiger partial charge is 0.494 e. The lowest BCUT2D eigenvalue weighted by atomic mass is 10.3. The fraction of sp³-hybridized carbons (Fsp3) is 0.438. The van der Waals surface area contributed by atoms with Crippen LogP contribution in [0.5, 0.6) is 5.75 Å². The van der Waals surface area contributed by atoms with Gasteiger partial charge in [0.1, 0.15) is 5.75 Å². The summed E-state index contributed by atoms with van der Waals surface area (Å²) < 4.78 is 6.19. The number of hydrogen-bond donors (Lipinski definition) is 2. The Hall–Kier alpha value is -1.80.